The summed E-state index contributed by atoms with van der Waals surface area (Å²) in [6.45, 7) is 6.42. The summed E-state index contributed by atoms with van der Waals surface area (Å²) in [6.07, 6.45) is 1.73. The number of nitrogens with zero attached hydrogens (tertiary/aromatic N) is 3. The minimum atomic E-state index is -0.178. The average molecular weight is 547 g/mol. The number of hydrogen-bond donors (Lipinski definition) is 2. The second kappa shape index (κ2) is 11.1. The molecular weight excluding hydrogens is 525 g/mol. The predicted octanol–water partition coefficient (Wildman–Crippen LogP) is 4.04. The Labute approximate surface area is 198 Å². The molecule has 3 rings (SSSR count). The molecule has 1 heterocycles. The highest BCUT2D eigenvalue weighted by atomic mass is 127. The predicted molar refractivity (Wildman–Crippen MR) is 131 cm³/mol. The zero-order valence-corrected chi connectivity index (χ0v) is 19.9. The van der Waals surface area contributed by atoms with Gasteiger partial charge in [0, 0.05) is 21.4 Å². The molecule has 2 aromatic carbocycles. The van der Waals surface area contributed by atoms with Crippen LogP contribution in [0.5, 0.6) is 0 Å². The molecule has 2 amide bonds. The van der Waals surface area contributed by atoms with Crippen molar-refractivity contribution in [3.05, 3.63) is 81.7 Å². The molecular formula is C22H22IN5O2S. The number of benzene rings is 2. The molecule has 0 bridgehead atoms. The highest BCUT2D eigenvalue weighted by Crippen LogP contribution is 2.18. The summed E-state index contributed by atoms with van der Waals surface area (Å²) >= 11 is 3.50. The van der Waals surface area contributed by atoms with Crippen molar-refractivity contribution in [2.75, 3.05) is 11.1 Å². The first-order valence-electron chi connectivity index (χ1n) is 9.52. The Balaban J connectivity index is 1.60. The van der Waals surface area contributed by atoms with Crippen LogP contribution in [0.2, 0.25) is 0 Å². The third-order valence-electron chi connectivity index (χ3n) is 4.25. The largest absolute Gasteiger partial charge is 0.345 e. The molecule has 0 saturated heterocycles. The van der Waals surface area contributed by atoms with Gasteiger partial charge in [-0.05, 0) is 65.9 Å². The van der Waals surface area contributed by atoms with E-state index in [0.29, 0.717) is 23.1 Å². The van der Waals surface area contributed by atoms with Crippen LogP contribution >= 0.6 is 34.4 Å². The highest BCUT2D eigenvalue weighted by Gasteiger charge is 2.15. The van der Waals surface area contributed by atoms with E-state index in [1.54, 1.807) is 12.1 Å². The van der Waals surface area contributed by atoms with Crippen LogP contribution < -0.4 is 10.6 Å². The molecule has 9 heteroatoms. The first kappa shape index (κ1) is 23.0. The van der Waals surface area contributed by atoms with Gasteiger partial charge < -0.3 is 15.2 Å². The Bertz CT molecular complexity index is 1080. The summed E-state index contributed by atoms with van der Waals surface area (Å²) < 4.78 is 2.94. The van der Waals surface area contributed by atoms with Crippen LogP contribution in [0, 0.1) is 10.5 Å². The van der Waals surface area contributed by atoms with E-state index in [1.807, 2.05) is 54.0 Å². The van der Waals surface area contributed by atoms with Gasteiger partial charge in [0.1, 0.15) is 0 Å². The van der Waals surface area contributed by atoms with E-state index in [1.165, 1.54) is 11.8 Å². The van der Waals surface area contributed by atoms with Crippen molar-refractivity contribution in [3.63, 3.8) is 0 Å². The van der Waals surface area contributed by atoms with Gasteiger partial charge in [-0.1, -0.05) is 35.5 Å². The first-order valence-corrected chi connectivity index (χ1v) is 11.6. The van der Waals surface area contributed by atoms with Crippen molar-refractivity contribution in [2.24, 2.45) is 0 Å². The smallest absolute Gasteiger partial charge is 0.251 e. The number of nitrogens with one attached hydrogen (secondary N) is 2. The minimum absolute atomic E-state index is 0.131. The van der Waals surface area contributed by atoms with Crippen molar-refractivity contribution < 1.29 is 9.59 Å². The summed E-state index contributed by atoms with van der Waals surface area (Å²) in [7, 11) is 0. The summed E-state index contributed by atoms with van der Waals surface area (Å²) in [5, 5.41) is 14.7. The molecule has 0 unspecified atom stereocenters. The lowest BCUT2D eigenvalue weighted by Gasteiger charge is -2.09. The summed E-state index contributed by atoms with van der Waals surface area (Å²) in [6, 6.07) is 15.0. The number of rotatable bonds is 9. The summed E-state index contributed by atoms with van der Waals surface area (Å²) in [5.74, 6) is 0.481. The SMILES string of the molecule is C=CCn1c(CNC(=O)c2cccc(C)c2)nnc1SCC(=O)Nc1ccc(I)cc1. The number of hydrogen-bond acceptors (Lipinski definition) is 5. The minimum Gasteiger partial charge on any atom is -0.345 e. The Morgan fingerprint density at radius 2 is 1.97 bits per heavy atom. The fourth-order valence-corrected chi connectivity index (χ4v) is 3.90. The van der Waals surface area contributed by atoms with Crippen LogP contribution in [-0.4, -0.2) is 32.3 Å². The maximum atomic E-state index is 12.4. The van der Waals surface area contributed by atoms with E-state index in [-0.39, 0.29) is 24.1 Å². The Hall–Kier alpha value is -2.66. The third-order valence-corrected chi connectivity index (χ3v) is 5.94. The number of halogens is 1. The van der Waals surface area contributed by atoms with Crippen LogP contribution in [0.15, 0.2) is 66.3 Å². The monoisotopic (exact) mass is 547 g/mol. The lowest BCUT2D eigenvalue weighted by molar-refractivity contribution is -0.113. The molecule has 160 valence electrons. The average Bonchev–Trinajstić information content (AvgIpc) is 3.14. The molecule has 0 aliphatic carbocycles. The Kier molecular flexibility index (Phi) is 8.24. The quantitative estimate of drug-likeness (QED) is 0.240. The van der Waals surface area contributed by atoms with Gasteiger partial charge in [-0.3, -0.25) is 9.59 Å². The van der Waals surface area contributed by atoms with E-state index in [9.17, 15) is 9.59 Å². The third kappa shape index (κ3) is 6.66. The summed E-state index contributed by atoms with van der Waals surface area (Å²) in [4.78, 5) is 24.7. The maximum Gasteiger partial charge on any atom is 0.251 e. The number of carbonyl (C=O) groups is 2. The number of carbonyl (C=O) groups excluding carboxylic acids is 2. The van der Waals surface area contributed by atoms with Gasteiger partial charge in [-0.15, -0.1) is 16.8 Å². The van der Waals surface area contributed by atoms with Crippen molar-refractivity contribution in [1.29, 1.82) is 0 Å². The first-order chi connectivity index (χ1) is 15.0. The highest BCUT2D eigenvalue weighted by molar-refractivity contribution is 14.1. The van der Waals surface area contributed by atoms with Crippen LogP contribution in [-0.2, 0) is 17.9 Å². The van der Waals surface area contributed by atoms with Gasteiger partial charge in [-0.2, -0.15) is 0 Å². The number of thioether (sulfide) groups is 1. The van der Waals surface area contributed by atoms with Crippen LogP contribution in [0.4, 0.5) is 5.69 Å². The van der Waals surface area contributed by atoms with Crippen LogP contribution in [0.3, 0.4) is 0 Å². The number of anilines is 1. The number of aromatic nitrogens is 3. The van der Waals surface area contributed by atoms with E-state index in [2.05, 4.69) is 50.0 Å². The van der Waals surface area contributed by atoms with Crippen molar-refractivity contribution in [2.45, 2.75) is 25.2 Å². The van der Waals surface area contributed by atoms with Crippen molar-refractivity contribution in [1.82, 2.24) is 20.1 Å². The Morgan fingerprint density at radius 1 is 1.19 bits per heavy atom. The van der Waals surface area contributed by atoms with Crippen molar-refractivity contribution >= 4 is 51.9 Å². The molecule has 0 aliphatic heterocycles. The Morgan fingerprint density at radius 3 is 2.68 bits per heavy atom. The second-order valence-electron chi connectivity index (χ2n) is 6.69. The fourth-order valence-electron chi connectivity index (χ4n) is 2.78. The zero-order chi connectivity index (χ0) is 22.2. The van der Waals surface area contributed by atoms with Gasteiger partial charge >= 0.3 is 0 Å². The van der Waals surface area contributed by atoms with Crippen molar-refractivity contribution in [3.8, 4) is 0 Å². The molecule has 0 aliphatic rings. The molecule has 0 saturated carbocycles. The maximum absolute atomic E-state index is 12.4. The fraction of sp³-hybridized carbons (Fsp3) is 0.182. The normalized spacial score (nSPS) is 10.5. The molecule has 0 radical (unpaired) electrons. The lowest BCUT2D eigenvalue weighted by atomic mass is 10.1. The van der Waals surface area contributed by atoms with Gasteiger partial charge in [0.15, 0.2) is 11.0 Å². The number of allylic oxidation sites excluding steroid dienone is 1. The number of aryl methyl sites for hydroxylation is 1. The zero-order valence-electron chi connectivity index (χ0n) is 17.0. The van der Waals surface area contributed by atoms with Gasteiger partial charge in [0.25, 0.3) is 5.91 Å². The van der Waals surface area contributed by atoms with E-state index in [4.69, 9.17) is 0 Å². The molecule has 0 fully saturated rings. The molecule has 2 N–H and O–H groups in total. The molecule has 0 atom stereocenters. The molecule has 1 aromatic heterocycles. The number of amides is 2. The van der Waals surface area contributed by atoms with E-state index in [0.717, 1.165) is 14.8 Å². The second-order valence-corrected chi connectivity index (χ2v) is 8.88. The van der Waals surface area contributed by atoms with E-state index >= 15 is 0 Å². The standard InChI is InChI=1S/C22H22IN5O2S/c1-3-11-28-19(13-24-21(30)16-6-4-5-15(2)12-16)26-27-22(28)31-14-20(29)25-18-9-7-17(23)8-10-18/h3-10,12H,1,11,13-14H2,2H3,(H,24,30)(H,25,29). The molecule has 7 nitrogen and oxygen atoms in total. The lowest BCUT2D eigenvalue weighted by Crippen LogP contribution is -2.25. The van der Waals surface area contributed by atoms with Crippen LogP contribution in [0.1, 0.15) is 21.7 Å². The topological polar surface area (TPSA) is 88.9 Å². The van der Waals surface area contributed by atoms with Gasteiger partial charge in [-0.25, -0.2) is 0 Å². The summed E-state index contributed by atoms with van der Waals surface area (Å²) in [5.41, 5.74) is 2.36. The van der Waals surface area contributed by atoms with Gasteiger partial charge in [0.05, 0.1) is 12.3 Å². The molecule has 3 aromatic rings. The molecule has 31 heavy (non-hydrogen) atoms. The molecule has 0 spiro atoms. The van der Waals surface area contributed by atoms with Crippen LogP contribution in [0.25, 0.3) is 0 Å². The van der Waals surface area contributed by atoms with Gasteiger partial charge in [0.2, 0.25) is 5.91 Å². The van der Waals surface area contributed by atoms with E-state index < -0.39 is 0 Å².